The number of amidine groups is 1. The van der Waals surface area contributed by atoms with Gasteiger partial charge in [0.2, 0.25) is 6.17 Å². The van der Waals surface area contributed by atoms with Crippen LogP contribution < -0.4 is 11.1 Å². The molecular weight excluding hydrogens is 406 g/mol. The van der Waals surface area contributed by atoms with Crippen molar-refractivity contribution in [1.29, 1.82) is 5.41 Å². The number of rotatable bonds is 3. The number of amides is 1. The molecule has 1 saturated heterocycles. The van der Waals surface area contributed by atoms with Gasteiger partial charge < -0.3 is 20.5 Å². The molecule has 8 nitrogen and oxygen atoms in total. The lowest BCUT2D eigenvalue weighted by Gasteiger charge is -2.22. The maximum atomic E-state index is 12.8. The van der Waals surface area contributed by atoms with Crippen molar-refractivity contribution < 1.29 is 14.3 Å². The summed E-state index contributed by atoms with van der Waals surface area (Å²) in [4.78, 5) is 21.5. The molecule has 0 radical (unpaired) electrons. The van der Waals surface area contributed by atoms with Crippen molar-refractivity contribution in [2.24, 2.45) is 21.6 Å². The molecule has 0 saturated carbocycles. The topological polar surface area (TPSA) is 122 Å². The molecule has 1 atom stereocenters. The molecule has 0 aromatic heterocycles. The minimum atomic E-state index is -1.13. The van der Waals surface area contributed by atoms with Gasteiger partial charge in [-0.2, -0.15) is 4.99 Å². The molecule has 2 aliphatic heterocycles. The molecule has 2 aliphatic rings. The Morgan fingerprint density at radius 1 is 1.12 bits per heavy atom. The van der Waals surface area contributed by atoms with Crippen molar-refractivity contribution in [2.75, 3.05) is 18.5 Å². The lowest BCUT2D eigenvalue weighted by Crippen LogP contribution is -2.32. The Hall–Kier alpha value is -3.52. The average molecular weight is 436 g/mol. The normalized spacial score (nSPS) is 18.8. The zero-order valence-electron chi connectivity index (χ0n) is 18.4. The van der Waals surface area contributed by atoms with Gasteiger partial charge in [-0.1, -0.05) is 62.4 Å². The number of hydrogen-bond donors (Lipinski definition) is 3. The van der Waals surface area contributed by atoms with Gasteiger partial charge in [-0.25, -0.2) is 4.99 Å². The molecule has 4 rings (SSSR count). The van der Waals surface area contributed by atoms with Crippen molar-refractivity contribution >= 4 is 29.2 Å². The van der Waals surface area contributed by atoms with Crippen LogP contribution in [0.1, 0.15) is 37.8 Å². The first-order valence-electron chi connectivity index (χ1n) is 10.8. The molecule has 1 amide bonds. The first-order valence-corrected chi connectivity index (χ1v) is 10.8. The third kappa shape index (κ3) is 5.59. The molecule has 2 aromatic carbocycles. The fraction of sp³-hybridized carbons (Fsp3) is 0.333. The lowest BCUT2D eigenvalue weighted by atomic mass is 10.0. The summed E-state index contributed by atoms with van der Waals surface area (Å²) < 4.78 is 10.7. The molecule has 8 heteroatoms. The minimum absolute atomic E-state index is 0.0316. The fourth-order valence-electron chi connectivity index (χ4n) is 3.46. The Morgan fingerprint density at radius 3 is 2.50 bits per heavy atom. The maximum Gasteiger partial charge on any atom is 0.291 e. The van der Waals surface area contributed by atoms with Gasteiger partial charge in [0.05, 0.1) is 11.4 Å². The van der Waals surface area contributed by atoms with Crippen LogP contribution in [-0.2, 0) is 14.3 Å². The van der Waals surface area contributed by atoms with E-state index in [4.69, 9.17) is 20.6 Å². The standard InChI is InChI=1S/C22H23N5O3.C2H6/c23-19(15-10-12-29-13-11-15)30-22(24)27-20-21(28)25-17-9-5-4-8-16(17)18(26-20)14-6-2-1-3-7-14;1-2/h1-9,15,20,23H,10-13H2,(H2,24,27)(H,25,28);1-2H3. The summed E-state index contributed by atoms with van der Waals surface area (Å²) >= 11 is 0. The van der Waals surface area contributed by atoms with E-state index in [0.717, 1.165) is 11.1 Å². The number of hydrogen-bond acceptors (Lipinski definition) is 6. The van der Waals surface area contributed by atoms with Crippen molar-refractivity contribution in [2.45, 2.75) is 32.9 Å². The summed E-state index contributed by atoms with van der Waals surface area (Å²) in [6, 6.07) is 16.8. The van der Waals surface area contributed by atoms with Gasteiger partial charge in [-0.15, -0.1) is 0 Å². The SMILES string of the molecule is CC.N=C(O/C(N)=N/C1N=C(c2ccccc2)c2ccccc2NC1=O)C1CCOCC1. The Labute approximate surface area is 188 Å². The molecule has 4 N–H and O–H groups in total. The second-order valence-corrected chi connectivity index (χ2v) is 7.07. The van der Waals surface area contributed by atoms with Gasteiger partial charge in [0.15, 0.2) is 5.90 Å². The average Bonchev–Trinajstić information content (AvgIpc) is 2.97. The molecule has 32 heavy (non-hydrogen) atoms. The number of fused-ring (bicyclic) bond motifs is 1. The molecule has 168 valence electrons. The van der Waals surface area contributed by atoms with Crippen LogP contribution in [0.4, 0.5) is 5.69 Å². The number of aliphatic imine (C=N–C) groups is 2. The number of ether oxygens (including phenoxy) is 2. The highest BCUT2D eigenvalue weighted by atomic mass is 16.5. The first kappa shape index (κ1) is 23.1. The Morgan fingerprint density at radius 2 is 1.78 bits per heavy atom. The number of benzodiazepines with no additional fused rings is 1. The van der Waals surface area contributed by atoms with Crippen LogP contribution >= 0.6 is 0 Å². The predicted octanol–water partition coefficient (Wildman–Crippen LogP) is 3.56. The highest BCUT2D eigenvalue weighted by Crippen LogP contribution is 2.24. The van der Waals surface area contributed by atoms with Gasteiger partial charge in [0.25, 0.3) is 11.9 Å². The molecule has 2 heterocycles. The molecular formula is C24H29N5O3. The monoisotopic (exact) mass is 435 g/mol. The van der Waals surface area contributed by atoms with Crippen LogP contribution in [0.2, 0.25) is 0 Å². The number of carbonyl (C=O) groups excluding carboxylic acids is 1. The van der Waals surface area contributed by atoms with Crippen LogP contribution in [0.5, 0.6) is 0 Å². The molecule has 1 unspecified atom stereocenters. The quantitative estimate of drug-likeness (QED) is 0.504. The molecule has 2 aromatic rings. The van der Waals surface area contributed by atoms with Crippen LogP contribution in [0.25, 0.3) is 0 Å². The number of nitrogens with zero attached hydrogens (tertiary/aromatic N) is 2. The van der Waals surface area contributed by atoms with E-state index < -0.39 is 12.1 Å². The van der Waals surface area contributed by atoms with Gasteiger partial charge in [0, 0.05) is 30.3 Å². The van der Waals surface area contributed by atoms with Gasteiger partial charge >= 0.3 is 0 Å². The van der Waals surface area contributed by atoms with Crippen molar-refractivity contribution in [3.8, 4) is 0 Å². The summed E-state index contributed by atoms with van der Waals surface area (Å²) in [6.45, 7) is 5.17. The van der Waals surface area contributed by atoms with Crippen LogP contribution in [0, 0.1) is 11.3 Å². The van der Waals surface area contributed by atoms with Gasteiger partial charge in [-0.05, 0) is 18.9 Å². The fourth-order valence-corrected chi connectivity index (χ4v) is 3.46. The van der Waals surface area contributed by atoms with E-state index in [1.807, 2.05) is 68.4 Å². The molecule has 0 spiro atoms. The Kier molecular flexibility index (Phi) is 8.10. The highest BCUT2D eigenvalue weighted by Gasteiger charge is 2.27. The number of nitrogens with one attached hydrogen (secondary N) is 2. The van der Waals surface area contributed by atoms with Gasteiger partial charge in [0.1, 0.15) is 0 Å². The summed E-state index contributed by atoms with van der Waals surface area (Å²) in [5.41, 5.74) is 8.85. The summed E-state index contributed by atoms with van der Waals surface area (Å²) in [5.74, 6) is -0.454. The van der Waals surface area contributed by atoms with E-state index >= 15 is 0 Å². The van der Waals surface area contributed by atoms with E-state index in [1.165, 1.54) is 0 Å². The van der Waals surface area contributed by atoms with Crippen LogP contribution in [0.15, 0.2) is 64.6 Å². The van der Waals surface area contributed by atoms with E-state index in [-0.39, 0.29) is 17.8 Å². The van der Waals surface area contributed by atoms with E-state index in [2.05, 4.69) is 15.3 Å². The molecule has 1 fully saturated rings. The minimum Gasteiger partial charge on any atom is -0.412 e. The van der Waals surface area contributed by atoms with Crippen molar-refractivity contribution in [3.63, 3.8) is 0 Å². The second-order valence-electron chi connectivity index (χ2n) is 7.07. The summed E-state index contributed by atoms with van der Waals surface area (Å²) in [5, 5.41) is 11.0. The predicted molar refractivity (Wildman–Crippen MR) is 126 cm³/mol. The number of carbonyl (C=O) groups is 1. The van der Waals surface area contributed by atoms with Crippen molar-refractivity contribution in [1.82, 2.24) is 0 Å². The number of para-hydroxylation sites is 1. The largest absolute Gasteiger partial charge is 0.412 e. The Bertz CT molecular complexity index is 998. The first-order chi connectivity index (χ1) is 15.6. The zero-order chi connectivity index (χ0) is 22.9. The smallest absolute Gasteiger partial charge is 0.291 e. The number of benzene rings is 2. The maximum absolute atomic E-state index is 12.8. The third-order valence-corrected chi connectivity index (χ3v) is 5.03. The number of nitrogens with two attached hydrogens (primary N) is 1. The number of anilines is 1. The Balaban J connectivity index is 0.00000141. The van der Waals surface area contributed by atoms with E-state index in [9.17, 15) is 4.79 Å². The molecule has 0 bridgehead atoms. The summed E-state index contributed by atoms with van der Waals surface area (Å²) in [6.07, 6.45) is 0.263. The van der Waals surface area contributed by atoms with Crippen molar-refractivity contribution in [3.05, 3.63) is 65.7 Å². The highest BCUT2D eigenvalue weighted by molar-refractivity contribution is 6.19. The summed E-state index contributed by atoms with van der Waals surface area (Å²) in [7, 11) is 0. The van der Waals surface area contributed by atoms with E-state index in [1.54, 1.807) is 0 Å². The van der Waals surface area contributed by atoms with E-state index in [0.29, 0.717) is 37.5 Å². The van der Waals surface area contributed by atoms with Crippen LogP contribution in [0.3, 0.4) is 0 Å². The third-order valence-electron chi connectivity index (χ3n) is 5.03. The zero-order valence-corrected chi connectivity index (χ0v) is 18.4. The van der Waals surface area contributed by atoms with Crippen LogP contribution in [-0.4, -0.2) is 42.9 Å². The van der Waals surface area contributed by atoms with Gasteiger partial charge in [-0.3, -0.25) is 10.2 Å². The lowest BCUT2D eigenvalue weighted by molar-refractivity contribution is -0.117. The second kappa shape index (κ2) is 11.2. The molecule has 0 aliphatic carbocycles.